The van der Waals surface area contributed by atoms with E-state index in [1.807, 2.05) is 0 Å². The molecule has 0 aliphatic heterocycles. The number of nitrogens with zero attached hydrogens (tertiary/aromatic N) is 2. The summed E-state index contributed by atoms with van der Waals surface area (Å²) in [6, 6.07) is 7.29. The summed E-state index contributed by atoms with van der Waals surface area (Å²) in [5.41, 5.74) is 1.64. The average Bonchev–Trinajstić information content (AvgIpc) is 3.07. The molecule has 0 saturated heterocycles. The number of fused-ring (bicyclic) bond motifs is 1. The van der Waals surface area contributed by atoms with E-state index >= 15 is 0 Å². The molecule has 2 aromatic heterocycles. The SMILES string of the molecule is C=CCOc1ccnc(CSc2nc3ccc(OC(F)(F)C(F)F)cc3[nH]2)c1. The Morgan fingerprint density at radius 1 is 1.21 bits per heavy atom. The number of hydrogen-bond donors (Lipinski definition) is 1. The minimum atomic E-state index is -4.56. The highest BCUT2D eigenvalue weighted by molar-refractivity contribution is 7.98. The molecule has 5 nitrogen and oxygen atoms in total. The van der Waals surface area contributed by atoms with E-state index in [1.165, 1.54) is 23.9 Å². The van der Waals surface area contributed by atoms with Gasteiger partial charge in [-0.15, -0.1) is 0 Å². The monoisotopic (exact) mass is 413 g/mol. The highest BCUT2D eigenvalue weighted by atomic mass is 32.2. The van der Waals surface area contributed by atoms with Gasteiger partial charge in [-0.2, -0.15) is 17.6 Å². The molecular formula is C18H15F4N3O2S. The fourth-order valence-corrected chi connectivity index (χ4v) is 3.01. The Morgan fingerprint density at radius 3 is 2.79 bits per heavy atom. The van der Waals surface area contributed by atoms with Gasteiger partial charge in [0, 0.05) is 24.1 Å². The lowest BCUT2D eigenvalue weighted by molar-refractivity contribution is -0.253. The molecule has 1 aromatic carbocycles. The second kappa shape index (κ2) is 8.51. The van der Waals surface area contributed by atoms with Gasteiger partial charge in [-0.1, -0.05) is 24.4 Å². The largest absolute Gasteiger partial charge is 0.489 e. The predicted octanol–water partition coefficient (Wildman–Crippen LogP) is 5.05. The number of aromatic amines is 1. The topological polar surface area (TPSA) is 60.0 Å². The minimum absolute atomic E-state index is 0.383. The molecule has 0 radical (unpaired) electrons. The Kier molecular flexibility index (Phi) is 6.08. The molecule has 0 aliphatic carbocycles. The number of aromatic nitrogens is 3. The third-order valence-corrected chi connectivity index (χ3v) is 4.36. The highest BCUT2D eigenvalue weighted by Crippen LogP contribution is 2.30. The van der Waals surface area contributed by atoms with E-state index in [2.05, 4.69) is 26.3 Å². The van der Waals surface area contributed by atoms with E-state index in [-0.39, 0.29) is 5.75 Å². The van der Waals surface area contributed by atoms with Crippen molar-refractivity contribution in [2.45, 2.75) is 23.4 Å². The predicted molar refractivity (Wildman–Crippen MR) is 97.2 cm³/mol. The van der Waals surface area contributed by atoms with E-state index in [1.54, 1.807) is 24.4 Å². The summed E-state index contributed by atoms with van der Waals surface area (Å²) in [6.45, 7) is 3.97. The molecule has 28 heavy (non-hydrogen) atoms. The van der Waals surface area contributed by atoms with Crippen molar-refractivity contribution in [2.75, 3.05) is 6.61 Å². The summed E-state index contributed by atoms with van der Waals surface area (Å²) in [5.74, 6) is 0.765. The lowest BCUT2D eigenvalue weighted by atomic mass is 10.3. The lowest BCUT2D eigenvalue weighted by Crippen LogP contribution is -2.33. The number of hydrogen-bond acceptors (Lipinski definition) is 5. The van der Waals surface area contributed by atoms with Crippen LogP contribution in [0.15, 0.2) is 54.3 Å². The number of imidazole rings is 1. The van der Waals surface area contributed by atoms with E-state index in [4.69, 9.17) is 4.74 Å². The van der Waals surface area contributed by atoms with Gasteiger partial charge in [0.05, 0.1) is 16.7 Å². The van der Waals surface area contributed by atoms with Crippen molar-refractivity contribution in [3.05, 3.63) is 54.9 Å². The Labute approximate surface area is 161 Å². The zero-order valence-electron chi connectivity index (χ0n) is 14.4. The van der Waals surface area contributed by atoms with Crippen LogP contribution in [0.3, 0.4) is 0 Å². The lowest BCUT2D eigenvalue weighted by Gasteiger charge is -2.16. The van der Waals surface area contributed by atoms with E-state index in [0.29, 0.717) is 34.3 Å². The normalized spacial score (nSPS) is 11.8. The molecule has 10 heteroatoms. The van der Waals surface area contributed by atoms with Crippen molar-refractivity contribution in [1.29, 1.82) is 0 Å². The number of pyridine rings is 1. The number of ether oxygens (including phenoxy) is 2. The van der Waals surface area contributed by atoms with Crippen LogP contribution in [0.2, 0.25) is 0 Å². The quantitative estimate of drug-likeness (QED) is 0.302. The number of benzene rings is 1. The molecule has 3 aromatic rings. The maximum atomic E-state index is 13.0. The maximum absolute atomic E-state index is 13.0. The minimum Gasteiger partial charge on any atom is -0.489 e. The van der Waals surface area contributed by atoms with Crippen LogP contribution < -0.4 is 9.47 Å². The van der Waals surface area contributed by atoms with E-state index < -0.39 is 12.5 Å². The number of alkyl halides is 4. The fraction of sp³-hybridized carbons (Fsp3) is 0.222. The van der Waals surface area contributed by atoms with Crippen LogP contribution in [0, 0.1) is 0 Å². The number of halogens is 4. The Bertz CT molecular complexity index is 965. The Morgan fingerprint density at radius 2 is 2.04 bits per heavy atom. The third-order valence-electron chi connectivity index (χ3n) is 3.45. The number of nitrogens with one attached hydrogen (secondary N) is 1. The van der Waals surface area contributed by atoms with Crippen LogP contribution in [0.25, 0.3) is 11.0 Å². The zero-order chi connectivity index (χ0) is 20.1. The maximum Gasteiger partial charge on any atom is 0.461 e. The second-order valence-corrected chi connectivity index (χ2v) is 6.52. The Hall–Kier alpha value is -2.75. The van der Waals surface area contributed by atoms with Gasteiger partial charge in [0.25, 0.3) is 0 Å². The molecule has 0 bridgehead atoms. The first-order valence-corrected chi connectivity index (χ1v) is 9.02. The van der Waals surface area contributed by atoms with Gasteiger partial charge in [-0.25, -0.2) is 4.98 Å². The van der Waals surface area contributed by atoms with Crippen molar-refractivity contribution in [2.24, 2.45) is 0 Å². The molecule has 0 spiro atoms. The number of thioether (sulfide) groups is 1. The molecule has 0 aliphatic rings. The average molecular weight is 413 g/mol. The van der Waals surface area contributed by atoms with Crippen molar-refractivity contribution < 1.29 is 27.0 Å². The Balaban J connectivity index is 1.68. The first-order valence-electron chi connectivity index (χ1n) is 8.03. The summed E-state index contributed by atoms with van der Waals surface area (Å²) in [5, 5.41) is 0.520. The molecule has 0 fully saturated rings. The van der Waals surface area contributed by atoms with Crippen LogP contribution >= 0.6 is 11.8 Å². The van der Waals surface area contributed by atoms with Gasteiger partial charge >= 0.3 is 12.5 Å². The van der Waals surface area contributed by atoms with Crippen LogP contribution in [-0.4, -0.2) is 34.1 Å². The summed E-state index contributed by atoms with van der Waals surface area (Å²) >= 11 is 1.34. The molecule has 0 amide bonds. The van der Waals surface area contributed by atoms with Crippen LogP contribution in [0.4, 0.5) is 17.6 Å². The van der Waals surface area contributed by atoms with Gasteiger partial charge in [0.15, 0.2) is 5.16 Å². The van der Waals surface area contributed by atoms with Crippen molar-refractivity contribution in [1.82, 2.24) is 15.0 Å². The fourth-order valence-electron chi connectivity index (χ4n) is 2.22. The molecule has 148 valence electrons. The van der Waals surface area contributed by atoms with E-state index in [9.17, 15) is 17.6 Å². The summed E-state index contributed by atoms with van der Waals surface area (Å²) in [4.78, 5) is 11.5. The first kappa shape index (κ1) is 20.0. The molecular weight excluding hydrogens is 398 g/mol. The van der Waals surface area contributed by atoms with Gasteiger partial charge in [0.2, 0.25) is 0 Å². The summed E-state index contributed by atoms with van der Waals surface area (Å²) < 4.78 is 60.1. The molecule has 1 N–H and O–H groups in total. The van der Waals surface area contributed by atoms with Gasteiger partial charge in [-0.05, 0) is 18.2 Å². The molecule has 3 rings (SSSR count). The van der Waals surface area contributed by atoms with Crippen LogP contribution in [0.1, 0.15) is 5.69 Å². The van der Waals surface area contributed by atoms with Gasteiger partial charge in [0.1, 0.15) is 18.1 Å². The number of rotatable bonds is 9. The summed E-state index contributed by atoms with van der Waals surface area (Å²) in [6.07, 6.45) is -5.22. The first-order chi connectivity index (χ1) is 13.4. The number of H-pyrrole nitrogens is 1. The van der Waals surface area contributed by atoms with Crippen LogP contribution in [-0.2, 0) is 5.75 Å². The van der Waals surface area contributed by atoms with Crippen molar-refractivity contribution in [3.8, 4) is 11.5 Å². The van der Waals surface area contributed by atoms with E-state index in [0.717, 1.165) is 11.8 Å². The van der Waals surface area contributed by atoms with Crippen molar-refractivity contribution >= 4 is 22.8 Å². The molecule has 2 heterocycles. The standard InChI is InChI=1S/C18H15F4N3O2S/c1-2-7-26-12-5-6-23-11(8-12)10-28-17-24-14-4-3-13(9-15(14)25-17)27-18(21,22)16(19)20/h2-6,8-9,16H,1,7,10H2,(H,24,25). The van der Waals surface area contributed by atoms with Crippen LogP contribution in [0.5, 0.6) is 11.5 Å². The van der Waals surface area contributed by atoms with Gasteiger partial charge < -0.3 is 14.5 Å². The third kappa shape index (κ3) is 4.94. The summed E-state index contributed by atoms with van der Waals surface area (Å²) in [7, 11) is 0. The second-order valence-electron chi connectivity index (χ2n) is 5.56. The molecule has 0 atom stereocenters. The molecule has 0 unspecified atom stereocenters. The molecule has 0 saturated carbocycles. The highest BCUT2D eigenvalue weighted by Gasteiger charge is 2.44. The van der Waals surface area contributed by atoms with Crippen molar-refractivity contribution in [3.63, 3.8) is 0 Å². The zero-order valence-corrected chi connectivity index (χ0v) is 15.2. The van der Waals surface area contributed by atoms with Gasteiger partial charge in [-0.3, -0.25) is 4.98 Å². The smallest absolute Gasteiger partial charge is 0.461 e.